The Kier molecular flexibility index (Phi) is 13.4. The van der Waals surface area contributed by atoms with E-state index in [2.05, 4.69) is 66.3 Å². The number of ether oxygens (including phenoxy) is 3. The van der Waals surface area contributed by atoms with Crippen LogP contribution >= 0.6 is 11.6 Å². The number of carboxylic acids is 1. The SMILES string of the molecule is C=CCOC(=O)Cl.C=CCOC(=O)N1CCC(c2ccc(OC3CCc4cccc(-c5cccc(-n6ncc(C(=O)O)c6CC)n5)c43)cc2CC)CC1. The first kappa shape index (κ1) is 38.8. The van der Waals surface area contributed by atoms with Crippen molar-refractivity contribution in [3.8, 4) is 22.8 Å². The van der Waals surface area contributed by atoms with Gasteiger partial charge in [0.1, 0.15) is 30.6 Å². The molecule has 3 heterocycles. The maximum Gasteiger partial charge on any atom is 0.410 e. The van der Waals surface area contributed by atoms with Crippen LogP contribution in [0.5, 0.6) is 5.75 Å². The predicted molar refractivity (Wildman–Crippen MR) is 203 cm³/mol. The molecule has 0 bridgehead atoms. The van der Waals surface area contributed by atoms with Gasteiger partial charge in [-0.2, -0.15) is 5.10 Å². The molecule has 53 heavy (non-hydrogen) atoms. The largest absolute Gasteiger partial charge is 0.486 e. The number of nitrogens with zero attached hydrogens (tertiary/aromatic N) is 4. The molecule has 1 amide bonds. The Morgan fingerprint density at radius 3 is 2.36 bits per heavy atom. The lowest BCUT2D eigenvalue weighted by molar-refractivity contribution is 0.0695. The first-order valence-corrected chi connectivity index (χ1v) is 18.2. The zero-order valence-electron chi connectivity index (χ0n) is 30.1. The number of rotatable bonds is 12. The maximum atomic E-state index is 12.3. The Hall–Kier alpha value is -5.42. The lowest BCUT2D eigenvalue weighted by Gasteiger charge is -2.32. The molecule has 0 saturated carbocycles. The zero-order chi connectivity index (χ0) is 37.9. The van der Waals surface area contributed by atoms with Crippen LogP contribution in [0.4, 0.5) is 9.59 Å². The van der Waals surface area contributed by atoms with Crippen LogP contribution < -0.4 is 4.74 Å². The van der Waals surface area contributed by atoms with E-state index in [-0.39, 0.29) is 31.0 Å². The van der Waals surface area contributed by atoms with Crippen LogP contribution in [-0.4, -0.2) is 68.6 Å². The van der Waals surface area contributed by atoms with Gasteiger partial charge in [0.2, 0.25) is 0 Å². The van der Waals surface area contributed by atoms with Gasteiger partial charge in [0.15, 0.2) is 5.82 Å². The molecule has 12 heteroatoms. The predicted octanol–water partition coefficient (Wildman–Crippen LogP) is 8.87. The number of amides is 1. The topological polar surface area (TPSA) is 133 Å². The molecule has 1 fully saturated rings. The van der Waals surface area contributed by atoms with Crippen LogP contribution in [0, 0.1) is 0 Å². The second kappa shape index (κ2) is 18.4. The van der Waals surface area contributed by atoms with Crippen molar-refractivity contribution < 1.29 is 33.7 Å². The van der Waals surface area contributed by atoms with E-state index in [1.54, 1.807) is 15.7 Å². The maximum absolute atomic E-state index is 12.3. The molecule has 1 unspecified atom stereocenters. The molecule has 278 valence electrons. The number of hydrogen-bond donors (Lipinski definition) is 1. The van der Waals surface area contributed by atoms with Crippen molar-refractivity contribution in [2.45, 2.75) is 64.4 Å². The van der Waals surface area contributed by atoms with Gasteiger partial charge in [0.25, 0.3) is 0 Å². The van der Waals surface area contributed by atoms with E-state index in [0.717, 1.165) is 54.7 Å². The summed E-state index contributed by atoms with van der Waals surface area (Å²) in [7, 11) is 0. The zero-order valence-corrected chi connectivity index (χ0v) is 30.9. The number of halogens is 1. The van der Waals surface area contributed by atoms with Crippen molar-refractivity contribution in [3.05, 3.63) is 120 Å². The molecule has 1 saturated heterocycles. The second-order valence-electron chi connectivity index (χ2n) is 12.7. The van der Waals surface area contributed by atoms with Gasteiger partial charge >= 0.3 is 17.5 Å². The van der Waals surface area contributed by atoms with Gasteiger partial charge in [-0.15, -0.1) is 0 Å². The van der Waals surface area contributed by atoms with Crippen LogP contribution in [0.15, 0.2) is 86.1 Å². The molecule has 1 atom stereocenters. The number of carbonyl (C=O) groups is 3. The van der Waals surface area contributed by atoms with Crippen molar-refractivity contribution in [1.29, 1.82) is 0 Å². The highest BCUT2D eigenvalue weighted by Gasteiger charge is 2.30. The highest BCUT2D eigenvalue weighted by atomic mass is 35.5. The minimum atomic E-state index is -0.994. The summed E-state index contributed by atoms with van der Waals surface area (Å²) < 4.78 is 17.8. The summed E-state index contributed by atoms with van der Waals surface area (Å²) in [6.45, 7) is 12.8. The van der Waals surface area contributed by atoms with Gasteiger partial charge in [0.05, 0.1) is 17.6 Å². The minimum Gasteiger partial charge on any atom is -0.486 e. The smallest absolute Gasteiger partial charge is 0.410 e. The highest BCUT2D eigenvalue weighted by molar-refractivity contribution is 6.61. The number of carbonyl (C=O) groups excluding carboxylic acids is 2. The van der Waals surface area contributed by atoms with E-state index in [1.807, 2.05) is 25.1 Å². The number of fused-ring (bicyclic) bond motifs is 1. The van der Waals surface area contributed by atoms with Crippen molar-refractivity contribution in [3.63, 3.8) is 0 Å². The molecule has 1 N–H and O–H groups in total. The van der Waals surface area contributed by atoms with E-state index in [4.69, 9.17) is 26.1 Å². The lowest BCUT2D eigenvalue weighted by atomic mass is 9.86. The third-order valence-corrected chi connectivity index (χ3v) is 9.57. The number of aromatic nitrogens is 3. The van der Waals surface area contributed by atoms with Gasteiger partial charge in [-0.1, -0.05) is 69.5 Å². The molecule has 1 aliphatic heterocycles. The number of aromatic carboxylic acids is 1. The van der Waals surface area contributed by atoms with Crippen LogP contribution in [0.3, 0.4) is 0 Å². The third kappa shape index (κ3) is 9.34. The summed E-state index contributed by atoms with van der Waals surface area (Å²) >= 11 is 4.75. The first-order chi connectivity index (χ1) is 25.7. The average molecular weight is 741 g/mol. The summed E-state index contributed by atoms with van der Waals surface area (Å²) in [5, 5.41) is 14.0. The fraction of sp³-hybridized carbons (Fsp3) is 0.341. The third-order valence-electron chi connectivity index (χ3n) is 9.46. The van der Waals surface area contributed by atoms with Gasteiger partial charge in [0, 0.05) is 35.8 Å². The second-order valence-corrected chi connectivity index (χ2v) is 13.0. The molecule has 1 aliphatic carbocycles. The van der Waals surface area contributed by atoms with E-state index in [9.17, 15) is 19.5 Å². The fourth-order valence-electron chi connectivity index (χ4n) is 7.01. The van der Waals surface area contributed by atoms with Gasteiger partial charge in [-0.05, 0) is 85.4 Å². The highest BCUT2D eigenvalue weighted by Crippen LogP contribution is 2.42. The van der Waals surface area contributed by atoms with Crippen molar-refractivity contribution in [1.82, 2.24) is 19.7 Å². The quantitative estimate of drug-likeness (QED) is 0.112. The Morgan fingerprint density at radius 1 is 0.962 bits per heavy atom. The van der Waals surface area contributed by atoms with Gasteiger partial charge in [-0.3, -0.25) is 0 Å². The molecular formula is C41H45ClN4O7. The summed E-state index contributed by atoms with van der Waals surface area (Å²) in [4.78, 5) is 40.4. The number of aryl methyl sites for hydroxylation is 2. The number of piperidine rings is 1. The first-order valence-electron chi connectivity index (χ1n) is 17.8. The van der Waals surface area contributed by atoms with Crippen LogP contribution in [-0.2, 0) is 28.7 Å². The van der Waals surface area contributed by atoms with Crippen molar-refractivity contribution in [2.75, 3.05) is 26.3 Å². The monoisotopic (exact) mass is 740 g/mol. The molecule has 0 radical (unpaired) electrons. The molecule has 2 aromatic carbocycles. The molecule has 2 aliphatic rings. The number of carboxylic acid groups (broad SMARTS) is 1. The van der Waals surface area contributed by atoms with Crippen LogP contribution in [0.2, 0.25) is 0 Å². The molecular weight excluding hydrogens is 696 g/mol. The summed E-state index contributed by atoms with van der Waals surface area (Å²) in [6, 6.07) is 18.6. The normalized spacial score (nSPS) is 15.1. The van der Waals surface area contributed by atoms with Crippen LogP contribution in [0.25, 0.3) is 17.1 Å². The Balaban J connectivity index is 0.000000705. The summed E-state index contributed by atoms with van der Waals surface area (Å²) in [5.74, 6) is 0.828. The molecule has 4 aromatic rings. The molecule has 11 nitrogen and oxygen atoms in total. The van der Waals surface area contributed by atoms with E-state index in [1.165, 1.54) is 29.0 Å². The van der Waals surface area contributed by atoms with Gasteiger partial charge in [-0.25, -0.2) is 24.0 Å². The van der Waals surface area contributed by atoms with Gasteiger partial charge < -0.3 is 24.2 Å². The van der Waals surface area contributed by atoms with Crippen LogP contribution in [0.1, 0.15) is 83.4 Å². The van der Waals surface area contributed by atoms with Crippen molar-refractivity contribution >= 4 is 29.1 Å². The number of likely N-dealkylation sites (tertiary alicyclic amines) is 1. The Labute approximate surface area is 314 Å². The molecule has 2 aromatic heterocycles. The van der Waals surface area contributed by atoms with E-state index < -0.39 is 11.4 Å². The standard InChI is InChI=1S/C37H40N4O5.C4H5ClO2/c1-4-21-45-37(44)40-19-17-25(18-20-40)28-15-14-27(22-24(28)5-2)46-33-16-13-26-9-7-10-29(35(26)33)31-11-8-12-34(39-31)41-32(6-3)30(23-38-41)36(42)43;1-2-3-7-4(5)6/h4,7-12,14-15,22-23,25,33H,1,5-6,13,16-21H2,2-3H3,(H,42,43);2H,1,3H2. The van der Waals surface area contributed by atoms with Crippen molar-refractivity contribution in [2.24, 2.45) is 0 Å². The minimum absolute atomic E-state index is 0.119. The summed E-state index contributed by atoms with van der Waals surface area (Å²) in [5.41, 5.74) is 6.82. The lowest BCUT2D eigenvalue weighted by Crippen LogP contribution is -2.38. The molecule has 6 rings (SSSR count). The fourth-order valence-corrected chi connectivity index (χ4v) is 7.07. The average Bonchev–Trinajstić information content (AvgIpc) is 3.81. The van der Waals surface area contributed by atoms with E-state index in [0.29, 0.717) is 36.9 Å². The molecule has 0 spiro atoms. The Morgan fingerprint density at radius 2 is 1.70 bits per heavy atom. The van der Waals surface area contributed by atoms with E-state index >= 15 is 0 Å². The number of hydrogen-bond acceptors (Lipinski definition) is 8. The summed E-state index contributed by atoms with van der Waals surface area (Å²) in [6.07, 6.45) is 9.04. The number of benzene rings is 2. The Bertz CT molecular complexity index is 1950. The number of pyridine rings is 1.